The maximum atomic E-state index is 13.7. The number of quaternary nitrogens is 1. The van der Waals surface area contributed by atoms with Crippen LogP contribution in [0.3, 0.4) is 0 Å². The van der Waals surface area contributed by atoms with Crippen molar-refractivity contribution in [3.05, 3.63) is 48.0 Å². The van der Waals surface area contributed by atoms with Crippen LogP contribution in [-0.2, 0) is 0 Å². The fraction of sp³-hybridized carbons (Fsp3) is 0.522. The lowest BCUT2D eigenvalue weighted by molar-refractivity contribution is -0.927. The number of likely N-dealkylation sites (N-methyl/N-ethyl adjacent to an activating group) is 1. The van der Waals surface area contributed by atoms with E-state index in [1.807, 2.05) is 24.3 Å². The van der Waals surface area contributed by atoms with Gasteiger partial charge in [-0.25, -0.2) is 0 Å². The van der Waals surface area contributed by atoms with Crippen LogP contribution in [0.4, 0.5) is 0 Å². The predicted octanol–water partition coefficient (Wildman–Crippen LogP) is 4.32. The van der Waals surface area contributed by atoms with E-state index >= 15 is 0 Å². The van der Waals surface area contributed by atoms with Gasteiger partial charge in [0.15, 0.2) is 0 Å². The Balaban J connectivity index is 1.69. The van der Waals surface area contributed by atoms with Crippen molar-refractivity contribution in [3.63, 3.8) is 0 Å². The van der Waals surface area contributed by atoms with Crippen LogP contribution in [0.5, 0.6) is 0 Å². The molecule has 5 rings (SSSR count). The van der Waals surface area contributed by atoms with Crippen molar-refractivity contribution in [2.24, 2.45) is 5.92 Å². The summed E-state index contributed by atoms with van der Waals surface area (Å²) < 4.78 is 1.15. The number of carbonyl (C=O) groups is 1. The van der Waals surface area contributed by atoms with Crippen molar-refractivity contribution in [3.8, 4) is 0 Å². The predicted molar refractivity (Wildman–Crippen MR) is 107 cm³/mol. The fourth-order valence-electron chi connectivity index (χ4n) is 5.05. The highest BCUT2D eigenvalue weighted by Gasteiger charge is 2.46. The first-order valence-electron chi connectivity index (χ1n) is 10.2. The average Bonchev–Trinajstić information content (AvgIpc) is 2.68. The Hall–Kier alpha value is -1.87. The molecule has 3 aliphatic heterocycles. The minimum atomic E-state index is 0.237. The summed E-state index contributed by atoms with van der Waals surface area (Å²) in [7, 11) is 2.38. The molecule has 3 heteroatoms. The second-order valence-corrected chi connectivity index (χ2v) is 8.53. The van der Waals surface area contributed by atoms with E-state index in [2.05, 4.69) is 37.1 Å². The number of fused-ring (bicyclic) bond motifs is 4. The molecule has 3 fully saturated rings. The minimum Gasteiger partial charge on any atom is -0.330 e. The summed E-state index contributed by atoms with van der Waals surface area (Å²) in [6.45, 7) is 6.80. The number of nitrogens with zero attached hydrogens (tertiary/aromatic N) is 2. The van der Waals surface area contributed by atoms with Crippen LogP contribution < -0.4 is 0 Å². The molecule has 1 atom stereocenters. The van der Waals surface area contributed by atoms with Gasteiger partial charge in [-0.1, -0.05) is 49.7 Å². The molecule has 0 radical (unpaired) electrons. The largest absolute Gasteiger partial charge is 0.330 e. The monoisotopic (exact) mass is 351 g/mol. The Labute approximate surface area is 157 Å². The van der Waals surface area contributed by atoms with Crippen molar-refractivity contribution in [2.45, 2.75) is 38.6 Å². The average molecular weight is 352 g/mol. The fourth-order valence-corrected chi connectivity index (χ4v) is 5.05. The summed E-state index contributed by atoms with van der Waals surface area (Å²) in [4.78, 5) is 15.9. The van der Waals surface area contributed by atoms with E-state index in [0.29, 0.717) is 12.0 Å². The highest BCUT2D eigenvalue weighted by Crippen LogP contribution is 2.36. The molecule has 0 unspecified atom stereocenters. The third-order valence-electron chi connectivity index (χ3n) is 6.69. The molecular weight excluding hydrogens is 320 g/mol. The lowest BCUT2D eigenvalue weighted by Gasteiger charge is -2.53. The Bertz CT molecular complexity index is 786. The molecule has 3 aliphatic rings. The van der Waals surface area contributed by atoms with Gasteiger partial charge in [-0.2, -0.15) is 0 Å². The second-order valence-electron chi connectivity index (χ2n) is 8.53. The molecule has 0 spiro atoms. The summed E-state index contributed by atoms with van der Waals surface area (Å²) in [5.74, 6) is 0.923. The van der Waals surface area contributed by atoms with Gasteiger partial charge in [-0.15, -0.1) is 0 Å². The zero-order valence-corrected chi connectivity index (χ0v) is 16.2. The summed E-state index contributed by atoms with van der Waals surface area (Å²) >= 11 is 0. The Morgan fingerprint density at radius 2 is 1.85 bits per heavy atom. The van der Waals surface area contributed by atoms with Crippen LogP contribution in [0.2, 0.25) is 0 Å². The summed E-state index contributed by atoms with van der Waals surface area (Å²) in [6.07, 6.45) is 4.76. The van der Waals surface area contributed by atoms with Crippen molar-refractivity contribution < 1.29 is 9.28 Å². The summed E-state index contributed by atoms with van der Waals surface area (Å²) in [5.41, 5.74) is 0.873. The zero-order valence-electron chi connectivity index (χ0n) is 16.2. The second kappa shape index (κ2) is 7.03. The molecule has 2 bridgehead atoms. The van der Waals surface area contributed by atoms with E-state index in [1.165, 1.54) is 25.9 Å². The van der Waals surface area contributed by atoms with Crippen molar-refractivity contribution >= 4 is 16.7 Å². The maximum absolute atomic E-state index is 13.7. The van der Waals surface area contributed by atoms with Gasteiger partial charge >= 0.3 is 0 Å². The van der Waals surface area contributed by atoms with E-state index < -0.39 is 0 Å². The molecule has 2 aromatic rings. The molecule has 3 heterocycles. The molecule has 0 N–H and O–H groups in total. The van der Waals surface area contributed by atoms with Crippen LogP contribution in [0.15, 0.2) is 42.5 Å². The van der Waals surface area contributed by atoms with Crippen molar-refractivity contribution in [2.75, 3.05) is 33.2 Å². The number of piperidine rings is 3. The van der Waals surface area contributed by atoms with E-state index in [9.17, 15) is 4.79 Å². The van der Waals surface area contributed by atoms with Gasteiger partial charge in [-0.3, -0.25) is 4.79 Å². The van der Waals surface area contributed by atoms with Gasteiger partial charge in [0.25, 0.3) is 5.91 Å². The summed E-state index contributed by atoms with van der Waals surface area (Å²) in [6, 6.07) is 14.8. The maximum Gasteiger partial charge on any atom is 0.254 e. The molecule has 2 aromatic carbocycles. The zero-order chi connectivity index (χ0) is 18.1. The normalized spacial score (nSPS) is 27.6. The van der Waals surface area contributed by atoms with E-state index in [4.69, 9.17) is 0 Å². The van der Waals surface area contributed by atoms with Gasteiger partial charge < -0.3 is 9.38 Å². The molecule has 1 amide bonds. The van der Waals surface area contributed by atoms with Crippen LogP contribution in [-0.4, -0.2) is 54.6 Å². The molecule has 138 valence electrons. The first-order chi connectivity index (χ1) is 12.6. The van der Waals surface area contributed by atoms with Gasteiger partial charge in [0.2, 0.25) is 0 Å². The Morgan fingerprint density at radius 1 is 1.12 bits per heavy atom. The number of hydrogen-bond acceptors (Lipinski definition) is 1. The Morgan fingerprint density at radius 3 is 2.58 bits per heavy atom. The van der Waals surface area contributed by atoms with Crippen LogP contribution in [0, 0.1) is 5.92 Å². The standard InChI is InChI=1S/C23H31N2O/c1-3-4-14-24(22-17-25(2)15-12-19(22)13-16-25)23(26)21-11-7-9-18-8-5-6-10-20(18)21/h5-11,19,22H,3-4,12-17H2,1-2H3/q+1/t19?,22-,25?/m0/s1. The topological polar surface area (TPSA) is 20.3 Å². The minimum absolute atomic E-state index is 0.237. The van der Waals surface area contributed by atoms with Crippen LogP contribution in [0.1, 0.15) is 43.0 Å². The van der Waals surface area contributed by atoms with E-state index in [-0.39, 0.29) is 5.91 Å². The first-order valence-corrected chi connectivity index (χ1v) is 10.2. The van der Waals surface area contributed by atoms with Crippen molar-refractivity contribution in [1.29, 1.82) is 0 Å². The molecule has 0 saturated carbocycles. The lowest BCUT2D eigenvalue weighted by Crippen LogP contribution is -2.66. The Kier molecular flexibility index (Phi) is 4.74. The number of rotatable bonds is 5. The number of hydrogen-bond donors (Lipinski definition) is 0. The molecule has 0 aliphatic carbocycles. The van der Waals surface area contributed by atoms with Crippen LogP contribution in [0.25, 0.3) is 10.8 Å². The smallest absolute Gasteiger partial charge is 0.254 e. The molecule has 0 aromatic heterocycles. The number of amides is 1. The third-order valence-corrected chi connectivity index (χ3v) is 6.69. The third kappa shape index (κ3) is 3.14. The number of carbonyl (C=O) groups excluding carboxylic acids is 1. The highest BCUT2D eigenvalue weighted by molar-refractivity contribution is 6.07. The quantitative estimate of drug-likeness (QED) is 0.735. The van der Waals surface area contributed by atoms with Gasteiger partial charge in [0.05, 0.1) is 32.7 Å². The molecule has 26 heavy (non-hydrogen) atoms. The number of unbranched alkanes of at least 4 members (excludes halogenated alkanes) is 1. The van der Waals surface area contributed by atoms with Gasteiger partial charge in [0.1, 0.15) is 0 Å². The summed E-state index contributed by atoms with van der Waals surface area (Å²) in [5, 5.41) is 2.24. The van der Waals surface area contributed by atoms with E-state index in [1.54, 1.807) is 0 Å². The molecule has 3 saturated heterocycles. The highest BCUT2D eigenvalue weighted by atomic mass is 16.2. The van der Waals surface area contributed by atoms with Crippen molar-refractivity contribution in [1.82, 2.24) is 4.90 Å². The lowest BCUT2D eigenvalue weighted by atomic mass is 9.81. The SMILES string of the molecule is CCCCN(C(=O)c1cccc2ccccc12)[C@H]1C[N+]2(C)CCC1CC2. The van der Waals surface area contributed by atoms with Gasteiger partial charge in [0, 0.05) is 24.9 Å². The van der Waals surface area contributed by atoms with E-state index in [0.717, 1.165) is 46.8 Å². The molecule has 3 nitrogen and oxygen atoms in total. The number of benzene rings is 2. The van der Waals surface area contributed by atoms with Gasteiger partial charge in [-0.05, 0) is 29.2 Å². The van der Waals surface area contributed by atoms with Crippen LogP contribution >= 0.6 is 0 Å². The molecular formula is C23H31N2O+. The first kappa shape index (κ1) is 17.5.